The molecule has 4 nitrogen and oxygen atoms in total. The minimum Gasteiger partial charge on any atom is -0.480 e. The molecule has 2 N–H and O–H groups in total. The van der Waals surface area contributed by atoms with E-state index in [-0.39, 0.29) is 5.41 Å². The molecule has 1 aromatic heterocycles. The topological polar surface area (TPSA) is 52.6 Å². The van der Waals surface area contributed by atoms with Crippen LogP contribution in [0.4, 0.5) is 0 Å². The lowest BCUT2D eigenvalue weighted by molar-refractivity contribution is -0.139. The molecule has 5 heteroatoms. The molecule has 0 saturated carbocycles. The standard InChI is InChI=1S/C16H28N2O2S/c1-6-18(7-2)11-10-17-14(15(19)20)12-8-9-13(21-12)16(3,4)5/h8-9,14,17H,6-7,10-11H2,1-5H3,(H,19,20). The molecule has 0 bridgehead atoms. The number of hydrogen-bond donors (Lipinski definition) is 2. The van der Waals surface area contributed by atoms with E-state index < -0.39 is 12.0 Å². The molecule has 0 radical (unpaired) electrons. The zero-order valence-electron chi connectivity index (χ0n) is 13.8. The van der Waals surface area contributed by atoms with Crippen molar-refractivity contribution in [2.24, 2.45) is 0 Å². The number of carbonyl (C=O) groups is 1. The first-order valence-electron chi connectivity index (χ1n) is 7.58. The molecule has 1 aromatic rings. The Labute approximate surface area is 132 Å². The van der Waals surface area contributed by atoms with Crippen LogP contribution in [0.25, 0.3) is 0 Å². The Hall–Kier alpha value is -0.910. The monoisotopic (exact) mass is 312 g/mol. The molecule has 0 aromatic carbocycles. The van der Waals surface area contributed by atoms with Gasteiger partial charge in [-0.1, -0.05) is 34.6 Å². The van der Waals surface area contributed by atoms with Crippen molar-refractivity contribution in [2.75, 3.05) is 26.2 Å². The first-order chi connectivity index (χ1) is 9.79. The van der Waals surface area contributed by atoms with Crippen LogP contribution >= 0.6 is 11.3 Å². The third-order valence-electron chi connectivity index (χ3n) is 3.57. The van der Waals surface area contributed by atoms with E-state index in [2.05, 4.69) is 44.8 Å². The Bertz CT molecular complexity index is 447. The van der Waals surface area contributed by atoms with Gasteiger partial charge >= 0.3 is 5.97 Å². The van der Waals surface area contributed by atoms with Crippen molar-refractivity contribution in [1.29, 1.82) is 0 Å². The first-order valence-corrected chi connectivity index (χ1v) is 8.40. The Kier molecular flexibility index (Phi) is 6.84. The number of carboxylic acid groups (broad SMARTS) is 1. The molecular weight excluding hydrogens is 284 g/mol. The van der Waals surface area contributed by atoms with Crippen LogP contribution in [0.15, 0.2) is 12.1 Å². The molecule has 1 unspecified atom stereocenters. The Morgan fingerprint density at radius 2 is 1.95 bits per heavy atom. The number of carboxylic acids is 1. The highest BCUT2D eigenvalue weighted by molar-refractivity contribution is 7.12. The third-order valence-corrected chi connectivity index (χ3v) is 5.14. The molecule has 0 amide bonds. The van der Waals surface area contributed by atoms with Crippen molar-refractivity contribution in [3.63, 3.8) is 0 Å². The van der Waals surface area contributed by atoms with Gasteiger partial charge in [-0.15, -0.1) is 11.3 Å². The molecule has 0 spiro atoms. The summed E-state index contributed by atoms with van der Waals surface area (Å²) in [5.74, 6) is -0.808. The lowest BCUT2D eigenvalue weighted by atomic mass is 9.95. The van der Waals surface area contributed by atoms with Crippen LogP contribution in [-0.2, 0) is 10.2 Å². The van der Waals surface area contributed by atoms with E-state index in [1.165, 1.54) is 4.88 Å². The number of nitrogens with one attached hydrogen (secondary N) is 1. The van der Waals surface area contributed by atoms with Crippen molar-refractivity contribution in [3.05, 3.63) is 21.9 Å². The van der Waals surface area contributed by atoms with Crippen LogP contribution in [0.3, 0.4) is 0 Å². The second-order valence-corrected chi connectivity index (χ2v) is 7.32. The highest BCUT2D eigenvalue weighted by Crippen LogP contribution is 2.32. The summed E-state index contributed by atoms with van der Waals surface area (Å²) in [6.07, 6.45) is 0. The van der Waals surface area contributed by atoms with Crippen LogP contribution in [0.2, 0.25) is 0 Å². The van der Waals surface area contributed by atoms with Crippen LogP contribution < -0.4 is 5.32 Å². The van der Waals surface area contributed by atoms with Gasteiger partial charge in [0.2, 0.25) is 0 Å². The molecule has 1 heterocycles. The average molecular weight is 312 g/mol. The summed E-state index contributed by atoms with van der Waals surface area (Å²) in [5.41, 5.74) is 0.0627. The molecular formula is C16H28N2O2S. The minimum atomic E-state index is -0.808. The van der Waals surface area contributed by atoms with Crippen molar-refractivity contribution >= 4 is 17.3 Å². The van der Waals surface area contributed by atoms with Gasteiger partial charge in [-0.3, -0.25) is 10.1 Å². The van der Waals surface area contributed by atoms with E-state index in [0.29, 0.717) is 6.54 Å². The summed E-state index contributed by atoms with van der Waals surface area (Å²) >= 11 is 1.59. The zero-order chi connectivity index (χ0) is 16.0. The van der Waals surface area contributed by atoms with Crippen molar-refractivity contribution < 1.29 is 9.90 Å². The van der Waals surface area contributed by atoms with Crippen LogP contribution in [0.1, 0.15) is 50.4 Å². The van der Waals surface area contributed by atoms with Crippen LogP contribution in [0, 0.1) is 0 Å². The molecule has 1 rings (SSSR count). The number of likely N-dealkylation sites (N-methyl/N-ethyl adjacent to an activating group) is 1. The molecule has 0 saturated heterocycles. The number of aliphatic carboxylic acids is 1. The highest BCUT2D eigenvalue weighted by atomic mass is 32.1. The molecule has 120 valence electrons. The Morgan fingerprint density at radius 3 is 2.38 bits per heavy atom. The fraction of sp³-hybridized carbons (Fsp3) is 0.688. The highest BCUT2D eigenvalue weighted by Gasteiger charge is 2.24. The summed E-state index contributed by atoms with van der Waals surface area (Å²) in [6, 6.07) is 3.37. The van der Waals surface area contributed by atoms with E-state index in [1.807, 2.05) is 12.1 Å². The van der Waals surface area contributed by atoms with Gasteiger partial charge in [0, 0.05) is 22.8 Å². The largest absolute Gasteiger partial charge is 0.480 e. The van der Waals surface area contributed by atoms with Gasteiger partial charge in [-0.05, 0) is 30.6 Å². The van der Waals surface area contributed by atoms with Gasteiger partial charge in [-0.2, -0.15) is 0 Å². The van der Waals surface area contributed by atoms with Crippen LogP contribution in [-0.4, -0.2) is 42.2 Å². The van der Waals surface area contributed by atoms with E-state index in [4.69, 9.17) is 0 Å². The maximum atomic E-state index is 11.5. The maximum Gasteiger partial charge on any atom is 0.326 e. The van der Waals surface area contributed by atoms with E-state index >= 15 is 0 Å². The van der Waals surface area contributed by atoms with Crippen molar-refractivity contribution in [1.82, 2.24) is 10.2 Å². The maximum absolute atomic E-state index is 11.5. The van der Waals surface area contributed by atoms with E-state index in [0.717, 1.165) is 24.5 Å². The fourth-order valence-corrected chi connectivity index (χ4v) is 3.26. The summed E-state index contributed by atoms with van der Waals surface area (Å²) < 4.78 is 0. The predicted octanol–water partition coefficient (Wildman–Crippen LogP) is 3.10. The van der Waals surface area contributed by atoms with Gasteiger partial charge < -0.3 is 10.0 Å². The van der Waals surface area contributed by atoms with Gasteiger partial charge in [-0.25, -0.2) is 0 Å². The number of thiophene rings is 1. The first kappa shape index (κ1) is 18.1. The normalized spacial score (nSPS) is 13.6. The number of hydrogen-bond acceptors (Lipinski definition) is 4. The van der Waals surface area contributed by atoms with E-state index in [1.54, 1.807) is 11.3 Å². The van der Waals surface area contributed by atoms with Crippen molar-refractivity contribution in [3.8, 4) is 0 Å². The van der Waals surface area contributed by atoms with Crippen LogP contribution in [0.5, 0.6) is 0 Å². The van der Waals surface area contributed by atoms with Gasteiger partial charge in [0.25, 0.3) is 0 Å². The molecule has 21 heavy (non-hydrogen) atoms. The van der Waals surface area contributed by atoms with Gasteiger partial charge in [0.1, 0.15) is 6.04 Å². The summed E-state index contributed by atoms with van der Waals surface area (Å²) in [7, 11) is 0. The van der Waals surface area contributed by atoms with E-state index in [9.17, 15) is 9.90 Å². The molecule has 1 atom stereocenters. The Morgan fingerprint density at radius 1 is 1.33 bits per heavy atom. The molecule has 0 aliphatic heterocycles. The minimum absolute atomic E-state index is 0.0627. The summed E-state index contributed by atoms with van der Waals surface area (Å²) in [6.45, 7) is 14.2. The summed E-state index contributed by atoms with van der Waals surface area (Å²) in [5, 5.41) is 12.6. The SMILES string of the molecule is CCN(CC)CCNC(C(=O)O)c1ccc(C(C)(C)C)s1. The molecule has 0 fully saturated rings. The third kappa shape index (κ3) is 5.41. The van der Waals surface area contributed by atoms with Gasteiger partial charge in [0.05, 0.1) is 0 Å². The molecule has 0 aliphatic rings. The smallest absolute Gasteiger partial charge is 0.326 e. The zero-order valence-corrected chi connectivity index (χ0v) is 14.6. The second-order valence-electron chi connectivity index (χ2n) is 6.20. The number of nitrogens with zero attached hydrogens (tertiary/aromatic N) is 1. The lowest BCUT2D eigenvalue weighted by Crippen LogP contribution is -2.36. The van der Waals surface area contributed by atoms with Crippen molar-refractivity contribution in [2.45, 2.75) is 46.1 Å². The molecule has 0 aliphatic carbocycles. The quantitative estimate of drug-likeness (QED) is 0.774. The van der Waals surface area contributed by atoms with Gasteiger partial charge in [0.15, 0.2) is 0 Å². The number of rotatable bonds is 8. The lowest BCUT2D eigenvalue weighted by Gasteiger charge is -2.20. The Balaban J connectivity index is 2.70. The predicted molar refractivity (Wildman–Crippen MR) is 89.2 cm³/mol. The fourth-order valence-electron chi connectivity index (χ4n) is 2.13. The summed E-state index contributed by atoms with van der Waals surface area (Å²) in [4.78, 5) is 15.9. The average Bonchev–Trinajstić information content (AvgIpc) is 2.88. The second kappa shape index (κ2) is 7.92.